The molecule has 1 atom stereocenters. The first-order chi connectivity index (χ1) is 25.1. The highest BCUT2D eigenvalue weighted by molar-refractivity contribution is 6.13. The lowest BCUT2D eigenvalue weighted by Crippen LogP contribution is -2.31. The maximum atomic E-state index is 14.0. The zero-order valence-corrected chi connectivity index (χ0v) is 28.6. The van der Waals surface area contributed by atoms with Crippen molar-refractivity contribution in [2.75, 3.05) is 32.2 Å². The second kappa shape index (κ2) is 14.2. The number of hydrogen-bond acceptors (Lipinski definition) is 6. The minimum Gasteiger partial charge on any atom is -0.497 e. The van der Waals surface area contributed by atoms with E-state index in [0.717, 1.165) is 57.4 Å². The number of esters is 1. The van der Waals surface area contributed by atoms with Crippen LogP contribution in [0.4, 0.5) is 5.69 Å². The Kier molecular flexibility index (Phi) is 9.48. The first-order valence-corrected chi connectivity index (χ1v) is 17.5. The number of methoxy groups -OCH3 is 2. The molecule has 0 bridgehead atoms. The van der Waals surface area contributed by atoms with Crippen molar-refractivity contribution >= 4 is 28.5 Å². The van der Waals surface area contributed by atoms with E-state index in [9.17, 15) is 4.79 Å². The van der Waals surface area contributed by atoms with Gasteiger partial charge in [-0.25, -0.2) is 4.79 Å². The molecule has 0 radical (unpaired) electrons. The Balaban J connectivity index is 0.00000218. The zero-order valence-electron chi connectivity index (χ0n) is 28.6. The summed E-state index contributed by atoms with van der Waals surface area (Å²) in [6.45, 7) is 2.17. The summed E-state index contributed by atoms with van der Waals surface area (Å²) >= 11 is 0. The summed E-state index contributed by atoms with van der Waals surface area (Å²) in [5, 5.41) is 1.89. The van der Waals surface area contributed by atoms with E-state index in [-0.39, 0.29) is 20.8 Å². The molecule has 2 heterocycles. The van der Waals surface area contributed by atoms with Gasteiger partial charge < -0.3 is 23.8 Å². The number of hydrogen-bond donors (Lipinski definition) is 0. The van der Waals surface area contributed by atoms with Crippen LogP contribution < -0.4 is 19.1 Å². The normalized spacial score (nSPS) is 16.5. The molecule has 1 unspecified atom stereocenters. The van der Waals surface area contributed by atoms with Crippen LogP contribution in [0.2, 0.25) is 0 Å². The van der Waals surface area contributed by atoms with E-state index in [0.29, 0.717) is 35.0 Å². The van der Waals surface area contributed by atoms with Crippen LogP contribution in [0, 0.1) is 0 Å². The molecule has 6 nitrogen and oxygen atoms in total. The summed E-state index contributed by atoms with van der Waals surface area (Å²) in [5.74, 6) is 2.96. The number of rotatable bonds is 6. The number of fused-ring (bicyclic) bond motifs is 5. The number of anilines is 1. The largest absolute Gasteiger partial charge is 0.497 e. The maximum absolute atomic E-state index is 14.0. The molecule has 53 heavy (non-hydrogen) atoms. The molecule has 1 fully saturated rings. The number of carbonyl (C=O) groups excluding carboxylic acids is 1. The van der Waals surface area contributed by atoms with Crippen LogP contribution in [-0.4, -0.2) is 33.3 Å². The fourth-order valence-corrected chi connectivity index (χ4v) is 8.15. The van der Waals surface area contributed by atoms with Crippen molar-refractivity contribution in [3.05, 3.63) is 149 Å². The number of carbonyl (C=O) groups is 1. The van der Waals surface area contributed by atoms with E-state index in [2.05, 4.69) is 59.5 Å². The molecule has 6 aromatic rings. The van der Waals surface area contributed by atoms with Gasteiger partial charge in [-0.2, -0.15) is 0 Å². The molecule has 1 aliphatic carbocycles. The Hall–Kier alpha value is -6.01. The van der Waals surface area contributed by atoms with Gasteiger partial charge in [0.1, 0.15) is 5.75 Å². The molecule has 1 saturated heterocycles. The van der Waals surface area contributed by atoms with Gasteiger partial charge in [-0.1, -0.05) is 93.7 Å². The molecule has 0 aromatic heterocycles. The van der Waals surface area contributed by atoms with E-state index in [1.807, 2.05) is 72.8 Å². The van der Waals surface area contributed by atoms with Crippen molar-refractivity contribution < 1.29 is 23.7 Å². The van der Waals surface area contributed by atoms with Crippen molar-refractivity contribution in [3.8, 4) is 39.9 Å². The lowest BCUT2D eigenvalue weighted by atomic mass is 9.65. The van der Waals surface area contributed by atoms with Crippen molar-refractivity contribution in [2.24, 2.45) is 0 Å². The Morgan fingerprint density at radius 1 is 0.698 bits per heavy atom. The van der Waals surface area contributed by atoms with Gasteiger partial charge in [-0.3, -0.25) is 0 Å². The highest BCUT2D eigenvalue weighted by Crippen LogP contribution is 2.52. The van der Waals surface area contributed by atoms with Crippen LogP contribution in [-0.2, 0) is 16.6 Å². The summed E-state index contributed by atoms with van der Waals surface area (Å²) in [6.07, 6.45) is 7.44. The maximum Gasteiger partial charge on any atom is 0.339 e. The highest BCUT2D eigenvalue weighted by Gasteiger charge is 2.39. The minimum atomic E-state index is -0.544. The summed E-state index contributed by atoms with van der Waals surface area (Å²) in [7, 11) is 3.14. The predicted molar refractivity (Wildman–Crippen MR) is 215 cm³/mol. The fraction of sp³-hybridized carbons (Fsp3) is 0.213. The quantitative estimate of drug-likeness (QED) is 0.161. The first kappa shape index (κ1) is 35.4. The van der Waals surface area contributed by atoms with Crippen LogP contribution in [0.15, 0.2) is 121 Å². The van der Waals surface area contributed by atoms with Crippen LogP contribution in [0.5, 0.6) is 28.7 Å². The summed E-state index contributed by atoms with van der Waals surface area (Å²) < 4.78 is 24.0. The monoisotopic (exact) mass is 703 g/mol. The number of ether oxygens (including phenoxy) is 4. The number of allylic oxidation sites excluding steroid dienone is 1. The summed E-state index contributed by atoms with van der Waals surface area (Å²) in [4.78, 5) is 16.4. The molecule has 268 valence electrons. The molecule has 3 aliphatic rings. The molecule has 9 rings (SSSR count). The molecule has 6 aromatic carbocycles. The lowest BCUT2D eigenvalue weighted by Gasteiger charge is -2.37. The second-order valence-corrected chi connectivity index (χ2v) is 13.4. The molecular formula is C47H45NO5. The van der Waals surface area contributed by atoms with Crippen molar-refractivity contribution in [1.82, 2.24) is 0 Å². The van der Waals surface area contributed by atoms with E-state index >= 15 is 0 Å². The fourth-order valence-electron chi connectivity index (χ4n) is 8.15. The average Bonchev–Trinajstić information content (AvgIpc) is 3.74. The standard InChI is InChI=1S/C45H37NO5.2CH4/c1-48-33-20-16-31(17-21-33)45(30-14-18-32(19-15-30)46-24-8-9-25-46)23-22-34-37(28-45)35-26-40-41(51-39-13-7-6-12-38(39)50-40)27-36(35)42(43(34)44(47)49-2)29-10-4-3-5-11-29;;/h3-7,10-23,26-27H,8-9,24-25,28H2,1-2H3;2*1H4. The third-order valence-electron chi connectivity index (χ3n) is 10.7. The smallest absolute Gasteiger partial charge is 0.339 e. The topological polar surface area (TPSA) is 57.2 Å². The van der Waals surface area contributed by atoms with Crippen LogP contribution in [0.3, 0.4) is 0 Å². The van der Waals surface area contributed by atoms with Gasteiger partial charge in [0.05, 0.1) is 19.8 Å². The van der Waals surface area contributed by atoms with Gasteiger partial charge in [-0.05, 0) is 106 Å². The molecular weight excluding hydrogens is 659 g/mol. The van der Waals surface area contributed by atoms with Gasteiger partial charge in [0.2, 0.25) is 0 Å². The van der Waals surface area contributed by atoms with Gasteiger partial charge in [0, 0.05) is 29.8 Å². The van der Waals surface area contributed by atoms with Gasteiger partial charge in [0.25, 0.3) is 0 Å². The highest BCUT2D eigenvalue weighted by atomic mass is 16.6. The SMILES string of the molecule is C.C.COC(=O)c1c2c(c3cc4c(cc3c1-c1ccccc1)Oc1ccccc1O4)CC(c1ccc(OC)cc1)(c1ccc(N3CCCC3)cc1)C=C2. The second-order valence-electron chi connectivity index (χ2n) is 13.4. The summed E-state index contributed by atoms with van der Waals surface area (Å²) in [6, 6.07) is 39.2. The van der Waals surface area contributed by atoms with E-state index in [1.165, 1.54) is 31.2 Å². The Bertz CT molecular complexity index is 2320. The average molecular weight is 704 g/mol. The third-order valence-corrected chi connectivity index (χ3v) is 10.7. The molecule has 0 spiro atoms. The molecule has 0 saturated carbocycles. The minimum absolute atomic E-state index is 0. The van der Waals surface area contributed by atoms with E-state index in [1.54, 1.807) is 7.11 Å². The Morgan fingerprint density at radius 3 is 1.89 bits per heavy atom. The lowest BCUT2D eigenvalue weighted by molar-refractivity contribution is 0.0601. The van der Waals surface area contributed by atoms with Crippen molar-refractivity contribution in [3.63, 3.8) is 0 Å². The van der Waals surface area contributed by atoms with E-state index < -0.39 is 5.41 Å². The van der Waals surface area contributed by atoms with Crippen LogP contribution >= 0.6 is 0 Å². The molecule has 0 amide bonds. The molecule has 6 heteroatoms. The zero-order chi connectivity index (χ0) is 34.5. The number of nitrogens with zero attached hydrogens (tertiary/aromatic N) is 1. The van der Waals surface area contributed by atoms with Crippen molar-refractivity contribution in [2.45, 2.75) is 39.5 Å². The predicted octanol–water partition coefficient (Wildman–Crippen LogP) is 11.6. The van der Waals surface area contributed by atoms with Gasteiger partial charge in [0.15, 0.2) is 23.0 Å². The first-order valence-electron chi connectivity index (χ1n) is 17.5. The van der Waals surface area contributed by atoms with Crippen LogP contribution in [0.25, 0.3) is 28.0 Å². The van der Waals surface area contributed by atoms with Gasteiger partial charge >= 0.3 is 5.97 Å². The van der Waals surface area contributed by atoms with Crippen molar-refractivity contribution in [1.29, 1.82) is 0 Å². The molecule has 0 N–H and O–H groups in total. The number of benzene rings is 6. The van der Waals surface area contributed by atoms with Crippen LogP contribution in [0.1, 0.15) is 60.3 Å². The summed E-state index contributed by atoms with van der Waals surface area (Å²) in [5.41, 5.74) is 7.15. The molecule has 2 aliphatic heterocycles. The number of para-hydroxylation sites is 2. The Labute approximate surface area is 312 Å². The Morgan fingerprint density at radius 2 is 1.28 bits per heavy atom. The third kappa shape index (κ3) is 5.88. The van der Waals surface area contributed by atoms with E-state index in [4.69, 9.17) is 18.9 Å². The van der Waals surface area contributed by atoms with Gasteiger partial charge in [-0.15, -0.1) is 0 Å².